The van der Waals surface area contributed by atoms with Crippen molar-refractivity contribution in [2.75, 3.05) is 11.9 Å². The predicted molar refractivity (Wildman–Crippen MR) is 103 cm³/mol. The van der Waals surface area contributed by atoms with E-state index in [4.69, 9.17) is 4.74 Å². The molecule has 2 aromatic rings. The SMILES string of the molecule is O=C(O)C1(c2ccccc2)CN=C(Nc2c3c(cc4c2CCC4)CCC3)O1. The van der Waals surface area contributed by atoms with E-state index in [1.807, 2.05) is 18.2 Å². The van der Waals surface area contributed by atoms with Gasteiger partial charge in [-0.05, 0) is 60.8 Å². The van der Waals surface area contributed by atoms with Crippen molar-refractivity contribution in [2.45, 2.75) is 44.1 Å². The third-order valence-corrected chi connectivity index (χ3v) is 6.01. The van der Waals surface area contributed by atoms with Crippen LogP contribution in [-0.4, -0.2) is 23.6 Å². The van der Waals surface area contributed by atoms with E-state index in [2.05, 4.69) is 16.4 Å². The molecule has 0 bridgehead atoms. The lowest BCUT2D eigenvalue weighted by Crippen LogP contribution is -2.40. The molecular formula is C22H22N2O3. The maximum Gasteiger partial charge on any atom is 0.354 e. The van der Waals surface area contributed by atoms with Gasteiger partial charge in [-0.25, -0.2) is 9.79 Å². The minimum absolute atomic E-state index is 0.0753. The molecule has 1 heterocycles. The molecule has 3 aliphatic rings. The average molecular weight is 362 g/mol. The molecule has 2 aliphatic carbocycles. The highest BCUT2D eigenvalue weighted by Gasteiger charge is 2.48. The van der Waals surface area contributed by atoms with E-state index in [0.717, 1.165) is 31.4 Å². The highest BCUT2D eigenvalue weighted by Crippen LogP contribution is 2.40. The van der Waals surface area contributed by atoms with Crippen LogP contribution in [0.4, 0.5) is 5.69 Å². The van der Waals surface area contributed by atoms with Crippen LogP contribution >= 0.6 is 0 Å². The number of benzene rings is 2. The van der Waals surface area contributed by atoms with Crippen LogP contribution in [0.25, 0.3) is 0 Å². The summed E-state index contributed by atoms with van der Waals surface area (Å²) in [5, 5.41) is 13.3. The van der Waals surface area contributed by atoms with E-state index in [0.29, 0.717) is 11.6 Å². The summed E-state index contributed by atoms with van der Waals surface area (Å²) in [6.07, 6.45) is 6.69. The lowest BCUT2D eigenvalue weighted by Gasteiger charge is -2.24. The normalized spacial score (nSPS) is 22.7. The lowest BCUT2D eigenvalue weighted by molar-refractivity contribution is -0.155. The summed E-state index contributed by atoms with van der Waals surface area (Å²) in [7, 11) is 0. The molecule has 138 valence electrons. The Hall–Kier alpha value is -2.82. The first-order valence-electron chi connectivity index (χ1n) is 9.63. The molecule has 5 heteroatoms. The summed E-state index contributed by atoms with van der Waals surface area (Å²) in [4.78, 5) is 16.5. The number of anilines is 1. The first-order valence-corrected chi connectivity index (χ1v) is 9.63. The van der Waals surface area contributed by atoms with Crippen molar-refractivity contribution in [1.82, 2.24) is 0 Å². The van der Waals surface area contributed by atoms with Crippen LogP contribution < -0.4 is 5.32 Å². The number of nitrogens with one attached hydrogen (secondary N) is 1. The maximum absolute atomic E-state index is 12.1. The van der Waals surface area contributed by atoms with Crippen molar-refractivity contribution in [3.8, 4) is 0 Å². The molecular weight excluding hydrogens is 340 g/mol. The van der Waals surface area contributed by atoms with Crippen LogP contribution in [0.15, 0.2) is 41.4 Å². The Morgan fingerprint density at radius 2 is 1.70 bits per heavy atom. The Labute approximate surface area is 158 Å². The van der Waals surface area contributed by atoms with Gasteiger partial charge in [0.2, 0.25) is 0 Å². The number of nitrogens with zero attached hydrogens (tertiary/aromatic N) is 1. The van der Waals surface area contributed by atoms with Crippen LogP contribution in [0, 0.1) is 0 Å². The van der Waals surface area contributed by atoms with Crippen molar-refractivity contribution >= 4 is 17.7 Å². The minimum atomic E-state index is -1.45. The number of amidine groups is 1. The molecule has 1 atom stereocenters. The first-order chi connectivity index (χ1) is 13.2. The second-order valence-corrected chi connectivity index (χ2v) is 7.58. The predicted octanol–water partition coefficient (Wildman–Crippen LogP) is 3.44. The number of carbonyl (C=O) groups is 1. The second-order valence-electron chi connectivity index (χ2n) is 7.58. The molecule has 0 radical (unpaired) electrons. The topological polar surface area (TPSA) is 70.9 Å². The zero-order valence-electron chi connectivity index (χ0n) is 15.1. The molecule has 5 nitrogen and oxygen atoms in total. The Kier molecular flexibility index (Phi) is 3.71. The lowest BCUT2D eigenvalue weighted by atomic mass is 9.94. The molecule has 0 aromatic heterocycles. The van der Waals surface area contributed by atoms with Gasteiger partial charge in [0.25, 0.3) is 11.6 Å². The van der Waals surface area contributed by atoms with E-state index in [1.54, 1.807) is 12.1 Å². The number of fused-ring (bicyclic) bond motifs is 2. The van der Waals surface area contributed by atoms with Crippen molar-refractivity contribution < 1.29 is 14.6 Å². The van der Waals surface area contributed by atoms with Crippen molar-refractivity contribution in [2.24, 2.45) is 4.99 Å². The molecule has 1 aliphatic heterocycles. The summed E-state index contributed by atoms with van der Waals surface area (Å²) >= 11 is 0. The van der Waals surface area contributed by atoms with Gasteiger partial charge in [-0.3, -0.25) is 0 Å². The highest BCUT2D eigenvalue weighted by molar-refractivity contribution is 5.96. The van der Waals surface area contributed by atoms with E-state index >= 15 is 0 Å². The maximum atomic E-state index is 12.1. The number of rotatable bonds is 3. The fourth-order valence-corrected chi connectivity index (χ4v) is 4.64. The fraction of sp³-hybridized carbons (Fsp3) is 0.364. The number of carboxylic acid groups (broad SMARTS) is 1. The minimum Gasteiger partial charge on any atom is -0.478 e. The summed E-state index contributed by atoms with van der Waals surface area (Å²) in [5.74, 6) is -1.02. The van der Waals surface area contributed by atoms with Crippen LogP contribution in [0.5, 0.6) is 0 Å². The molecule has 0 amide bonds. The van der Waals surface area contributed by atoms with E-state index in [-0.39, 0.29) is 6.54 Å². The van der Waals surface area contributed by atoms with Gasteiger partial charge in [0.05, 0.1) is 6.54 Å². The monoisotopic (exact) mass is 362 g/mol. The molecule has 0 saturated heterocycles. The quantitative estimate of drug-likeness (QED) is 0.877. The number of hydrogen-bond donors (Lipinski definition) is 2. The summed E-state index contributed by atoms with van der Waals surface area (Å²) in [6, 6.07) is 11.8. The standard InChI is InChI=1S/C22H22N2O3/c25-20(26)22(16-8-2-1-3-9-16)13-23-21(27-22)24-19-17-10-4-6-14(17)12-15-7-5-11-18(15)19/h1-3,8-9,12H,4-7,10-11,13H2,(H,23,24)(H,25,26). The van der Waals surface area contributed by atoms with Crippen LogP contribution in [0.2, 0.25) is 0 Å². The zero-order valence-corrected chi connectivity index (χ0v) is 15.1. The average Bonchev–Trinajstić information content (AvgIpc) is 3.41. The fourth-order valence-electron chi connectivity index (χ4n) is 4.64. The van der Waals surface area contributed by atoms with E-state index in [1.165, 1.54) is 35.1 Å². The van der Waals surface area contributed by atoms with Crippen LogP contribution in [0.1, 0.15) is 40.7 Å². The number of hydrogen-bond acceptors (Lipinski definition) is 4. The van der Waals surface area contributed by atoms with Gasteiger partial charge < -0.3 is 15.2 Å². The summed E-state index contributed by atoms with van der Waals surface area (Å²) in [6.45, 7) is 0.0753. The molecule has 0 fully saturated rings. The molecule has 5 rings (SSSR count). The van der Waals surface area contributed by atoms with Crippen molar-refractivity contribution in [3.05, 3.63) is 64.2 Å². The third-order valence-electron chi connectivity index (χ3n) is 6.01. The molecule has 0 saturated carbocycles. The van der Waals surface area contributed by atoms with Gasteiger partial charge >= 0.3 is 5.97 Å². The van der Waals surface area contributed by atoms with Crippen LogP contribution in [0.3, 0.4) is 0 Å². The smallest absolute Gasteiger partial charge is 0.354 e. The second kappa shape index (κ2) is 6.12. The van der Waals surface area contributed by atoms with Gasteiger partial charge in [-0.2, -0.15) is 0 Å². The van der Waals surface area contributed by atoms with E-state index in [9.17, 15) is 9.90 Å². The summed E-state index contributed by atoms with van der Waals surface area (Å²) in [5.41, 5.74) is 5.83. The molecule has 1 unspecified atom stereocenters. The number of aliphatic imine (C=N–C) groups is 1. The van der Waals surface area contributed by atoms with Crippen molar-refractivity contribution in [1.29, 1.82) is 0 Å². The van der Waals surface area contributed by atoms with Gasteiger partial charge in [-0.15, -0.1) is 0 Å². The molecule has 2 N–H and O–H groups in total. The van der Waals surface area contributed by atoms with Gasteiger partial charge in [0.15, 0.2) is 0 Å². The Balaban J connectivity index is 1.48. The van der Waals surface area contributed by atoms with Gasteiger partial charge in [-0.1, -0.05) is 36.4 Å². The molecule has 0 spiro atoms. The van der Waals surface area contributed by atoms with Crippen molar-refractivity contribution in [3.63, 3.8) is 0 Å². The van der Waals surface area contributed by atoms with Crippen LogP contribution in [-0.2, 0) is 40.8 Å². The number of aliphatic carboxylic acids is 1. The van der Waals surface area contributed by atoms with Gasteiger partial charge in [0.1, 0.15) is 0 Å². The Morgan fingerprint density at radius 3 is 2.33 bits per heavy atom. The number of aryl methyl sites for hydroxylation is 2. The Morgan fingerprint density at radius 1 is 1.04 bits per heavy atom. The largest absolute Gasteiger partial charge is 0.478 e. The third kappa shape index (κ3) is 2.52. The molecule has 2 aromatic carbocycles. The summed E-state index contributed by atoms with van der Waals surface area (Å²) < 4.78 is 5.96. The molecule has 27 heavy (non-hydrogen) atoms. The zero-order chi connectivity index (χ0) is 18.4. The number of carboxylic acids is 1. The highest BCUT2D eigenvalue weighted by atomic mass is 16.6. The van der Waals surface area contributed by atoms with E-state index < -0.39 is 11.6 Å². The Bertz CT molecular complexity index is 920. The first kappa shape index (κ1) is 16.4. The van der Waals surface area contributed by atoms with Gasteiger partial charge in [0, 0.05) is 11.3 Å². The number of ether oxygens (including phenoxy) is 1.